The van der Waals surface area contributed by atoms with Gasteiger partial charge in [0.25, 0.3) is 0 Å². The molecular formula is C19H21NO2. The summed E-state index contributed by atoms with van der Waals surface area (Å²) in [7, 11) is 3.45. The van der Waals surface area contributed by atoms with E-state index >= 15 is 0 Å². The number of amides is 1. The van der Waals surface area contributed by atoms with E-state index in [0.29, 0.717) is 0 Å². The fraction of sp³-hybridized carbons (Fsp3) is 0.211. The lowest BCUT2D eigenvalue weighted by Gasteiger charge is -2.24. The first-order valence-electron chi connectivity index (χ1n) is 7.25. The van der Waals surface area contributed by atoms with Gasteiger partial charge in [-0.25, -0.2) is 0 Å². The summed E-state index contributed by atoms with van der Waals surface area (Å²) in [6, 6.07) is 17.6. The topological polar surface area (TPSA) is 29.5 Å². The van der Waals surface area contributed by atoms with Gasteiger partial charge >= 0.3 is 0 Å². The van der Waals surface area contributed by atoms with E-state index in [4.69, 9.17) is 4.74 Å². The fourth-order valence-corrected chi connectivity index (χ4v) is 2.15. The molecule has 1 unspecified atom stereocenters. The largest absolute Gasteiger partial charge is 0.497 e. The van der Waals surface area contributed by atoms with E-state index in [1.807, 2.05) is 74.6 Å². The van der Waals surface area contributed by atoms with Crippen LogP contribution in [0, 0.1) is 0 Å². The molecule has 0 N–H and O–H groups in total. The first kappa shape index (κ1) is 15.8. The lowest BCUT2D eigenvalue weighted by Crippen LogP contribution is -2.27. The number of likely N-dealkylation sites (N-methyl/N-ethyl adjacent to an activating group) is 1. The van der Waals surface area contributed by atoms with Crippen LogP contribution in [-0.2, 0) is 4.79 Å². The van der Waals surface area contributed by atoms with Crippen molar-refractivity contribution >= 4 is 12.0 Å². The van der Waals surface area contributed by atoms with Gasteiger partial charge in [0.2, 0.25) is 5.91 Å². The number of methoxy groups -OCH3 is 1. The molecule has 1 atom stereocenters. The Morgan fingerprint density at radius 1 is 1.09 bits per heavy atom. The van der Waals surface area contributed by atoms with Crippen molar-refractivity contribution < 1.29 is 9.53 Å². The van der Waals surface area contributed by atoms with Gasteiger partial charge in [-0.1, -0.05) is 42.5 Å². The predicted octanol–water partition coefficient (Wildman–Crippen LogP) is 3.93. The summed E-state index contributed by atoms with van der Waals surface area (Å²) < 4.78 is 5.15. The number of nitrogens with zero attached hydrogens (tertiary/aromatic N) is 1. The molecule has 0 aliphatic rings. The van der Waals surface area contributed by atoms with Crippen molar-refractivity contribution in [1.29, 1.82) is 0 Å². The molecule has 1 amide bonds. The van der Waals surface area contributed by atoms with Gasteiger partial charge in [-0.2, -0.15) is 0 Å². The second-order valence-corrected chi connectivity index (χ2v) is 5.14. The maximum atomic E-state index is 12.3. The molecule has 0 fully saturated rings. The summed E-state index contributed by atoms with van der Waals surface area (Å²) in [5, 5.41) is 0. The molecule has 0 aliphatic heterocycles. The first-order valence-corrected chi connectivity index (χ1v) is 7.25. The molecule has 2 aromatic rings. The van der Waals surface area contributed by atoms with Gasteiger partial charge in [0.15, 0.2) is 0 Å². The Balaban J connectivity index is 2.04. The van der Waals surface area contributed by atoms with Gasteiger partial charge in [-0.05, 0) is 36.3 Å². The van der Waals surface area contributed by atoms with Gasteiger partial charge in [0, 0.05) is 13.1 Å². The van der Waals surface area contributed by atoms with Gasteiger partial charge in [-0.3, -0.25) is 4.79 Å². The minimum atomic E-state index is -0.0211. The fourth-order valence-electron chi connectivity index (χ4n) is 2.15. The number of hydrogen-bond donors (Lipinski definition) is 0. The third-order valence-electron chi connectivity index (χ3n) is 3.74. The minimum absolute atomic E-state index is 0.00108. The average molecular weight is 295 g/mol. The van der Waals surface area contributed by atoms with Crippen LogP contribution in [0.5, 0.6) is 5.75 Å². The Morgan fingerprint density at radius 3 is 2.32 bits per heavy atom. The number of hydrogen-bond acceptors (Lipinski definition) is 2. The zero-order valence-electron chi connectivity index (χ0n) is 13.2. The van der Waals surface area contributed by atoms with Gasteiger partial charge in [0.05, 0.1) is 13.2 Å². The number of carbonyl (C=O) groups excluding carboxylic acids is 1. The Morgan fingerprint density at radius 2 is 1.73 bits per heavy atom. The molecule has 22 heavy (non-hydrogen) atoms. The van der Waals surface area contributed by atoms with Crippen molar-refractivity contribution in [3.63, 3.8) is 0 Å². The molecule has 0 radical (unpaired) electrons. The van der Waals surface area contributed by atoms with Crippen LogP contribution in [0.25, 0.3) is 6.08 Å². The van der Waals surface area contributed by atoms with E-state index < -0.39 is 0 Å². The van der Waals surface area contributed by atoms with E-state index in [-0.39, 0.29) is 11.9 Å². The summed E-state index contributed by atoms with van der Waals surface area (Å²) in [6.45, 7) is 2.01. The summed E-state index contributed by atoms with van der Waals surface area (Å²) >= 11 is 0. The summed E-state index contributed by atoms with van der Waals surface area (Å²) in [6.07, 6.45) is 3.44. The normalized spacial score (nSPS) is 12.1. The third-order valence-corrected chi connectivity index (χ3v) is 3.74. The molecule has 3 heteroatoms. The monoisotopic (exact) mass is 295 g/mol. The summed E-state index contributed by atoms with van der Waals surface area (Å²) in [5.74, 6) is 0.793. The van der Waals surface area contributed by atoms with E-state index in [1.165, 1.54) is 0 Å². The van der Waals surface area contributed by atoms with Gasteiger partial charge in [-0.15, -0.1) is 0 Å². The minimum Gasteiger partial charge on any atom is -0.497 e. The molecule has 0 aliphatic carbocycles. The highest BCUT2D eigenvalue weighted by Crippen LogP contribution is 2.21. The zero-order chi connectivity index (χ0) is 15.9. The number of ether oxygens (including phenoxy) is 1. The van der Waals surface area contributed by atoms with Gasteiger partial charge in [0.1, 0.15) is 5.75 Å². The Kier molecular flexibility index (Phi) is 5.37. The Hall–Kier alpha value is -2.55. The highest BCUT2D eigenvalue weighted by Gasteiger charge is 2.15. The molecule has 3 nitrogen and oxygen atoms in total. The highest BCUT2D eigenvalue weighted by molar-refractivity contribution is 5.91. The molecule has 0 bridgehead atoms. The van der Waals surface area contributed by atoms with Crippen molar-refractivity contribution in [3.8, 4) is 5.75 Å². The summed E-state index contributed by atoms with van der Waals surface area (Å²) in [4.78, 5) is 14.0. The van der Waals surface area contributed by atoms with Crippen molar-refractivity contribution in [1.82, 2.24) is 4.90 Å². The quantitative estimate of drug-likeness (QED) is 0.782. The Bertz CT molecular complexity index is 632. The standard InChI is InChI=1S/C19H21NO2/c1-15(17-10-12-18(22-3)13-11-17)20(2)19(21)14-9-16-7-5-4-6-8-16/h4-15H,1-3H3/b14-9+. The van der Waals surface area contributed by atoms with E-state index in [1.54, 1.807) is 18.1 Å². The van der Waals surface area contributed by atoms with Crippen LogP contribution in [0.15, 0.2) is 60.7 Å². The van der Waals surface area contributed by atoms with Crippen LogP contribution in [0.4, 0.5) is 0 Å². The van der Waals surface area contributed by atoms with Crippen molar-refractivity contribution in [2.24, 2.45) is 0 Å². The zero-order valence-corrected chi connectivity index (χ0v) is 13.2. The van der Waals surface area contributed by atoms with Gasteiger partial charge < -0.3 is 9.64 Å². The van der Waals surface area contributed by atoms with Crippen LogP contribution in [0.3, 0.4) is 0 Å². The molecule has 0 spiro atoms. The molecule has 2 rings (SSSR count). The molecule has 2 aromatic carbocycles. The van der Waals surface area contributed by atoms with Crippen LogP contribution < -0.4 is 4.74 Å². The predicted molar refractivity (Wildman–Crippen MR) is 89.7 cm³/mol. The molecule has 0 saturated heterocycles. The van der Waals surface area contributed by atoms with E-state index in [2.05, 4.69) is 0 Å². The van der Waals surface area contributed by atoms with Crippen molar-refractivity contribution in [2.45, 2.75) is 13.0 Å². The first-order chi connectivity index (χ1) is 10.6. The molecular weight excluding hydrogens is 274 g/mol. The second kappa shape index (κ2) is 7.46. The average Bonchev–Trinajstić information content (AvgIpc) is 2.59. The Labute approximate surface area is 131 Å². The lowest BCUT2D eigenvalue weighted by molar-refractivity contribution is -0.126. The number of rotatable bonds is 5. The molecule has 114 valence electrons. The van der Waals surface area contributed by atoms with Crippen LogP contribution in [-0.4, -0.2) is 25.0 Å². The molecule has 0 aromatic heterocycles. The summed E-state index contributed by atoms with van der Waals surface area (Å²) in [5.41, 5.74) is 2.09. The molecule has 0 heterocycles. The second-order valence-electron chi connectivity index (χ2n) is 5.14. The van der Waals surface area contributed by atoms with Crippen LogP contribution in [0.1, 0.15) is 24.1 Å². The SMILES string of the molecule is COc1ccc(C(C)N(C)C(=O)/C=C/c2ccccc2)cc1. The highest BCUT2D eigenvalue weighted by atomic mass is 16.5. The van der Waals surface area contributed by atoms with E-state index in [0.717, 1.165) is 16.9 Å². The molecule has 0 saturated carbocycles. The van der Waals surface area contributed by atoms with Crippen molar-refractivity contribution in [3.05, 3.63) is 71.8 Å². The van der Waals surface area contributed by atoms with E-state index in [9.17, 15) is 4.79 Å². The van der Waals surface area contributed by atoms with Crippen LogP contribution >= 0.6 is 0 Å². The smallest absolute Gasteiger partial charge is 0.246 e. The maximum Gasteiger partial charge on any atom is 0.246 e. The lowest BCUT2D eigenvalue weighted by atomic mass is 10.1. The van der Waals surface area contributed by atoms with Crippen molar-refractivity contribution in [2.75, 3.05) is 14.2 Å². The number of benzene rings is 2. The van der Waals surface area contributed by atoms with Crippen LogP contribution in [0.2, 0.25) is 0 Å². The number of carbonyl (C=O) groups is 1. The third kappa shape index (κ3) is 3.98. The maximum absolute atomic E-state index is 12.3.